The second kappa shape index (κ2) is 2.30. The minimum absolute atomic E-state index is 0.462. The predicted molar refractivity (Wildman–Crippen MR) is 41.0 cm³/mol. The van der Waals surface area contributed by atoms with Crippen LogP contribution in [0.5, 0.6) is 0 Å². The summed E-state index contributed by atoms with van der Waals surface area (Å²) >= 11 is 0. The number of cyclic esters (lactones) is 2. The van der Waals surface area contributed by atoms with Gasteiger partial charge in [0.15, 0.2) is 0 Å². The lowest BCUT2D eigenvalue weighted by atomic mass is 9.86. The fraction of sp³-hybridized carbons (Fsp3) is 0.333. The standard InChI is InChI=1S/C9H8O3/c1-5-3-2-4-6-7(5)9(11)12-8(6)10/h4,7H,1-3H2. The smallest absolute Gasteiger partial charge is 0.342 e. The fourth-order valence-electron chi connectivity index (χ4n) is 1.60. The summed E-state index contributed by atoms with van der Waals surface area (Å²) in [6.45, 7) is 3.75. The summed E-state index contributed by atoms with van der Waals surface area (Å²) in [7, 11) is 0. The number of esters is 2. The van der Waals surface area contributed by atoms with E-state index in [2.05, 4.69) is 11.3 Å². The molecule has 2 aliphatic rings. The van der Waals surface area contributed by atoms with Crippen LogP contribution in [0.1, 0.15) is 12.8 Å². The minimum atomic E-state index is -0.495. The van der Waals surface area contributed by atoms with Gasteiger partial charge in [0.1, 0.15) is 5.92 Å². The Hall–Kier alpha value is -1.38. The van der Waals surface area contributed by atoms with Gasteiger partial charge in [-0.1, -0.05) is 18.2 Å². The summed E-state index contributed by atoms with van der Waals surface area (Å²) in [4.78, 5) is 22.1. The van der Waals surface area contributed by atoms with Gasteiger partial charge in [-0.25, -0.2) is 4.79 Å². The zero-order valence-corrected chi connectivity index (χ0v) is 6.50. The maximum absolute atomic E-state index is 11.1. The van der Waals surface area contributed by atoms with E-state index in [9.17, 15) is 9.59 Å². The highest BCUT2D eigenvalue weighted by Crippen LogP contribution is 2.34. The van der Waals surface area contributed by atoms with Crippen molar-refractivity contribution in [3.05, 3.63) is 23.8 Å². The van der Waals surface area contributed by atoms with Crippen molar-refractivity contribution < 1.29 is 14.3 Å². The largest absolute Gasteiger partial charge is 0.389 e. The first kappa shape index (κ1) is 7.28. The Kier molecular flexibility index (Phi) is 1.40. The first-order chi connectivity index (χ1) is 5.70. The maximum atomic E-state index is 11.1. The van der Waals surface area contributed by atoms with Gasteiger partial charge in [-0.2, -0.15) is 0 Å². The second-order valence-electron chi connectivity index (χ2n) is 3.00. The lowest BCUT2D eigenvalue weighted by Crippen LogP contribution is -2.14. The number of hydrogen-bond acceptors (Lipinski definition) is 3. The Balaban J connectivity index is 2.45. The Morgan fingerprint density at radius 2 is 2.25 bits per heavy atom. The zero-order valence-electron chi connectivity index (χ0n) is 6.50. The molecule has 62 valence electrons. The Morgan fingerprint density at radius 1 is 1.50 bits per heavy atom. The molecule has 0 spiro atoms. The van der Waals surface area contributed by atoms with Gasteiger partial charge in [-0.05, 0) is 12.8 Å². The number of hydrogen-bond donors (Lipinski definition) is 0. The first-order valence-electron chi connectivity index (χ1n) is 3.84. The maximum Gasteiger partial charge on any atom is 0.342 e. The van der Waals surface area contributed by atoms with Crippen LogP contribution in [0.15, 0.2) is 23.8 Å². The number of ether oxygens (including phenoxy) is 1. The predicted octanol–water partition coefficient (Wildman–Crippen LogP) is 0.962. The van der Waals surface area contributed by atoms with Gasteiger partial charge in [0.25, 0.3) is 0 Å². The molecular formula is C9H8O3. The topological polar surface area (TPSA) is 43.4 Å². The van der Waals surface area contributed by atoms with E-state index in [0.29, 0.717) is 5.57 Å². The molecule has 2 rings (SSSR count). The van der Waals surface area contributed by atoms with E-state index >= 15 is 0 Å². The van der Waals surface area contributed by atoms with Crippen molar-refractivity contribution in [1.29, 1.82) is 0 Å². The molecule has 1 aliphatic heterocycles. The normalized spacial score (nSPS) is 28.2. The minimum Gasteiger partial charge on any atom is -0.389 e. The molecule has 1 saturated heterocycles. The average molecular weight is 164 g/mol. The molecule has 1 heterocycles. The van der Waals surface area contributed by atoms with Crippen molar-refractivity contribution in [2.45, 2.75) is 12.8 Å². The molecule has 0 saturated carbocycles. The summed E-state index contributed by atoms with van der Waals surface area (Å²) in [6, 6.07) is 0. The molecule has 1 unspecified atom stereocenters. The quantitative estimate of drug-likeness (QED) is 0.304. The first-order valence-corrected chi connectivity index (χ1v) is 3.84. The Labute approximate surface area is 69.7 Å². The molecule has 0 aromatic carbocycles. The van der Waals surface area contributed by atoms with Crippen LogP contribution in [0.3, 0.4) is 0 Å². The molecule has 1 fully saturated rings. The monoisotopic (exact) mass is 164 g/mol. The molecule has 0 aromatic rings. The summed E-state index contributed by atoms with van der Waals surface area (Å²) in [5.74, 6) is -1.42. The number of carbonyl (C=O) groups excluding carboxylic acids is 2. The molecule has 12 heavy (non-hydrogen) atoms. The van der Waals surface area contributed by atoms with Crippen molar-refractivity contribution in [3.8, 4) is 0 Å². The van der Waals surface area contributed by atoms with Gasteiger partial charge in [0.05, 0.1) is 5.57 Å². The van der Waals surface area contributed by atoms with Gasteiger partial charge >= 0.3 is 11.9 Å². The Bertz CT molecular complexity index is 312. The highest BCUT2D eigenvalue weighted by Gasteiger charge is 2.41. The van der Waals surface area contributed by atoms with Gasteiger partial charge in [0.2, 0.25) is 0 Å². The number of rotatable bonds is 0. The summed E-state index contributed by atoms with van der Waals surface area (Å²) in [5.41, 5.74) is 1.28. The van der Waals surface area contributed by atoms with Crippen LogP contribution < -0.4 is 0 Å². The molecule has 3 nitrogen and oxygen atoms in total. The number of carbonyl (C=O) groups is 2. The third kappa shape index (κ3) is 0.826. The zero-order chi connectivity index (χ0) is 8.72. The number of fused-ring (bicyclic) bond motifs is 1. The van der Waals surface area contributed by atoms with E-state index < -0.39 is 17.9 Å². The molecule has 0 aromatic heterocycles. The van der Waals surface area contributed by atoms with Gasteiger partial charge in [0, 0.05) is 0 Å². The van der Waals surface area contributed by atoms with Crippen LogP contribution >= 0.6 is 0 Å². The second-order valence-corrected chi connectivity index (χ2v) is 3.00. The Morgan fingerprint density at radius 3 is 2.92 bits per heavy atom. The average Bonchev–Trinajstić information content (AvgIpc) is 2.29. The molecule has 0 amide bonds. The van der Waals surface area contributed by atoms with E-state index in [1.165, 1.54) is 0 Å². The van der Waals surface area contributed by atoms with Crippen LogP contribution in [0.25, 0.3) is 0 Å². The molecule has 0 bridgehead atoms. The van der Waals surface area contributed by atoms with E-state index in [-0.39, 0.29) is 0 Å². The fourth-order valence-corrected chi connectivity index (χ4v) is 1.60. The summed E-state index contributed by atoms with van der Waals surface area (Å²) in [6.07, 6.45) is 3.33. The van der Waals surface area contributed by atoms with Crippen LogP contribution in [0.4, 0.5) is 0 Å². The van der Waals surface area contributed by atoms with Crippen LogP contribution in [-0.2, 0) is 14.3 Å². The van der Waals surface area contributed by atoms with Gasteiger partial charge in [-0.3, -0.25) is 4.79 Å². The van der Waals surface area contributed by atoms with Gasteiger partial charge in [-0.15, -0.1) is 0 Å². The lowest BCUT2D eigenvalue weighted by Gasteiger charge is -2.13. The van der Waals surface area contributed by atoms with E-state index in [1.54, 1.807) is 6.08 Å². The van der Waals surface area contributed by atoms with Crippen molar-refractivity contribution >= 4 is 11.9 Å². The van der Waals surface area contributed by atoms with Crippen LogP contribution in [-0.4, -0.2) is 11.9 Å². The molecule has 1 atom stereocenters. The third-order valence-corrected chi connectivity index (χ3v) is 2.21. The van der Waals surface area contributed by atoms with Crippen molar-refractivity contribution in [2.75, 3.05) is 0 Å². The van der Waals surface area contributed by atoms with Crippen molar-refractivity contribution in [2.24, 2.45) is 5.92 Å². The van der Waals surface area contributed by atoms with E-state index in [4.69, 9.17) is 0 Å². The molecule has 3 heteroatoms. The van der Waals surface area contributed by atoms with Crippen molar-refractivity contribution in [1.82, 2.24) is 0 Å². The van der Waals surface area contributed by atoms with Crippen LogP contribution in [0.2, 0.25) is 0 Å². The molecule has 1 aliphatic carbocycles. The van der Waals surface area contributed by atoms with Crippen LogP contribution in [0, 0.1) is 5.92 Å². The van der Waals surface area contributed by atoms with Crippen molar-refractivity contribution in [3.63, 3.8) is 0 Å². The molecule has 0 radical (unpaired) electrons. The summed E-state index contributed by atoms with van der Waals surface area (Å²) < 4.78 is 4.47. The van der Waals surface area contributed by atoms with Gasteiger partial charge < -0.3 is 4.74 Å². The summed E-state index contributed by atoms with van der Waals surface area (Å²) in [5, 5.41) is 0. The SMILES string of the molecule is C=C1CCC=C2C(=O)OC(=O)C12. The third-order valence-electron chi connectivity index (χ3n) is 2.21. The van der Waals surface area contributed by atoms with E-state index in [1.807, 2.05) is 0 Å². The van der Waals surface area contributed by atoms with E-state index in [0.717, 1.165) is 18.4 Å². The molecule has 0 N–H and O–H groups in total. The number of allylic oxidation sites excluding steroid dienone is 1. The molecular weight excluding hydrogens is 156 g/mol. The highest BCUT2D eigenvalue weighted by atomic mass is 16.6. The lowest BCUT2D eigenvalue weighted by molar-refractivity contribution is -0.152. The highest BCUT2D eigenvalue weighted by molar-refractivity contribution is 6.09.